The Labute approximate surface area is 180 Å². The number of carbonyl (C=O) groups excluding carboxylic acids is 4. The summed E-state index contributed by atoms with van der Waals surface area (Å²) in [7, 11) is 1.25. The molecule has 29 heavy (non-hydrogen) atoms. The number of carbonyl (C=O) groups is 4. The van der Waals surface area contributed by atoms with Gasteiger partial charge in [-0.25, -0.2) is 0 Å². The average molecular weight is 482 g/mol. The third-order valence-corrected chi connectivity index (χ3v) is 5.40. The minimum atomic E-state index is -0.729. The lowest BCUT2D eigenvalue weighted by atomic mass is 10.1. The second-order valence-electron chi connectivity index (χ2n) is 6.01. The molecule has 3 amide bonds. The summed E-state index contributed by atoms with van der Waals surface area (Å²) in [5.41, 5.74) is 1.25. The number of hydrogen-bond acceptors (Lipinski definition) is 6. The first kappa shape index (κ1) is 22.6. The number of benzene rings is 1. The Morgan fingerprint density at radius 2 is 1.79 bits per heavy atom. The molecule has 0 bridgehead atoms. The summed E-state index contributed by atoms with van der Waals surface area (Å²) in [5.74, 6) is -1.53. The largest absolute Gasteiger partial charge is 0.468 e. The number of methoxy groups -OCH3 is 1. The zero-order chi connectivity index (χ0) is 21.4. The van der Waals surface area contributed by atoms with Crippen LogP contribution in [0.4, 0.5) is 5.69 Å². The van der Waals surface area contributed by atoms with E-state index in [1.165, 1.54) is 18.4 Å². The monoisotopic (exact) mass is 481 g/mol. The van der Waals surface area contributed by atoms with E-state index in [-0.39, 0.29) is 30.7 Å². The van der Waals surface area contributed by atoms with E-state index in [1.807, 2.05) is 0 Å². The maximum Gasteiger partial charge on any atom is 0.325 e. The highest BCUT2D eigenvalue weighted by molar-refractivity contribution is 9.11. The average Bonchev–Trinajstić information content (AvgIpc) is 3.14. The van der Waals surface area contributed by atoms with Gasteiger partial charge < -0.3 is 20.7 Å². The summed E-state index contributed by atoms with van der Waals surface area (Å²) >= 11 is 4.57. The Hall–Kier alpha value is -2.72. The van der Waals surface area contributed by atoms with Gasteiger partial charge in [0.1, 0.15) is 12.6 Å². The first-order valence-corrected chi connectivity index (χ1v) is 10.2. The molecule has 10 heteroatoms. The Kier molecular flexibility index (Phi) is 8.34. The van der Waals surface area contributed by atoms with Gasteiger partial charge in [0.15, 0.2) is 0 Å². The second kappa shape index (κ2) is 10.7. The van der Waals surface area contributed by atoms with E-state index in [9.17, 15) is 19.2 Å². The summed E-state index contributed by atoms with van der Waals surface area (Å²) in [6, 6.07) is 9.42. The molecule has 1 aromatic carbocycles. The van der Waals surface area contributed by atoms with Crippen molar-refractivity contribution in [1.82, 2.24) is 10.6 Å². The first-order chi connectivity index (χ1) is 13.8. The molecule has 0 aliphatic heterocycles. The van der Waals surface area contributed by atoms with E-state index >= 15 is 0 Å². The van der Waals surface area contributed by atoms with Crippen LogP contribution in [-0.4, -0.2) is 43.4 Å². The van der Waals surface area contributed by atoms with E-state index < -0.39 is 12.0 Å². The second-order valence-corrected chi connectivity index (χ2v) is 8.48. The van der Waals surface area contributed by atoms with Crippen LogP contribution in [0.3, 0.4) is 0 Å². The van der Waals surface area contributed by atoms with Gasteiger partial charge in [-0.1, -0.05) is 12.1 Å². The molecule has 1 heterocycles. The number of rotatable bonds is 8. The number of anilines is 1. The van der Waals surface area contributed by atoms with Crippen LogP contribution in [0.15, 0.2) is 40.2 Å². The van der Waals surface area contributed by atoms with E-state index in [2.05, 4.69) is 36.6 Å². The number of halogens is 1. The van der Waals surface area contributed by atoms with Crippen molar-refractivity contribution in [3.63, 3.8) is 0 Å². The van der Waals surface area contributed by atoms with Crippen LogP contribution in [0.25, 0.3) is 0 Å². The lowest BCUT2D eigenvalue weighted by Crippen LogP contribution is -2.41. The molecule has 1 unspecified atom stereocenters. The zero-order valence-electron chi connectivity index (χ0n) is 15.8. The van der Waals surface area contributed by atoms with Crippen molar-refractivity contribution < 1.29 is 23.9 Å². The zero-order valence-corrected chi connectivity index (χ0v) is 18.2. The number of nitrogens with one attached hydrogen (secondary N) is 3. The van der Waals surface area contributed by atoms with E-state index in [4.69, 9.17) is 0 Å². The molecule has 0 fully saturated rings. The smallest absolute Gasteiger partial charge is 0.325 e. The van der Waals surface area contributed by atoms with Crippen LogP contribution in [-0.2, 0) is 25.5 Å². The lowest BCUT2D eigenvalue weighted by molar-refractivity contribution is -0.141. The van der Waals surface area contributed by atoms with Crippen molar-refractivity contribution in [1.29, 1.82) is 0 Å². The molecule has 8 nitrogen and oxygen atoms in total. The van der Waals surface area contributed by atoms with Crippen LogP contribution in [0.1, 0.15) is 22.2 Å². The van der Waals surface area contributed by atoms with Crippen molar-refractivity contribution in [2.75, 3.05) is 19.0 Å². The fourth-order valence-electron chi connectivity index (χ4n) is 2.22. The van der Waals surface area contributed by atoms with Gasteiger partial charge in [-0.05, 0) is 52.7 Å². The van der Waals surface area contributed by atoms with Gasteiger partial charge >= 0.3 is 5.97 Å². The van der Waals surface area contributed by atoms with Gasteiger partial charge in [-0.3, -0.25) is 19.2 Å². The minimum absolute atomic E-state index is 0.0913. The van der Waals surface area contributed by atoms with Gasteiger partial charge in [-0.15, -0.1) is 11.3 Å². The summed E-state index contributed by atoms with van der Waals surface area (Å²) in [6.45, 7) is 1.41. The summed E-state index contributed by atoms with van der Waals surface area (Å²) in [4.78, 5) is 47.7. The predicted molar refractivity (Wildman–Crippen MR) is 113 cm³/mol. The highest BCUT2D eigenvalue weighted by atomic mass is 79.9. The molecule has 1 atom stereocenters. The molecule has 0 saturated carbocycles. The topological polar surface area (TPSA) is 114 Å². The predicted octanol–water partition coefficient (Wildman–Crippen LogP) is 2.10. The molecule has 0 saturated heterocycles. The third kappa shape index (κ3) is 7.31. The van der Waals surface area contributed by atoms with E-state index in [0.717, 1.165) is 9.35 Å². The van der Waals surface area contributed by atoms with Crippen molar-refractivity contribution in [2.24, 2.45) is 0 Å². The number of esters is 1. The highest BCUT2D eigenvalue weighted by Gasteiger charge is 2.18. The SMILES string of the molecule is COC(=O)CNC(=O)Cc1ccc(NC(=O)C(C)NC(=O)c2ccc(Br)s2)cc1. The molecule has 1 aromatic heterocycles. The first-order valence-electron chi connectivity index (χ1n) is 8.58. The van der Waals surface area contributed by atoms with Crippen LogP contribution < -0.4 is 16.0 Å². The summed E-state index contributed by atoms with van der Waals surface area (Å²) in [5, 5.41) is 7.80. The molecule has 3 N–H and O–H groups in total. The van der Waals surface area contributed by atoms with Crippen LogP contribution >= 0.6 is 27.3 Å². The van der Waals surface area contributed by atoms with Crippen molar-refractivity contribution >= 4 is 56.6 Å². The lowest BCUT2D eigenvalue weighted by Gasteiger charge is -2.14. The van der Waals surface area contributed by atoms with Crippen molar-refractivity contribution in [2.45, 2.75) is 19.4 Å². The van der Waals surface area contributed by atoms with Gasteiger partial charge in [0.2, 0.25) is 11.8 Å². The van der Waals surface area contributed by atoms with Gasteiger partial charge in [0, 0.05) is 5.69 Å². The van der Waals surface area contributed by atoms with Crippen molar-refractivity contribution in [3.8, 4) is 0 Å². The summed E-state index contributed by atoms with van der Waals surface area (Å²) < 4.78 is 5.28. The minimum Gasteiger partial charge on any atom is -0.468 e. The Morgan fingerprint density at radius 1 is 1.10 bits per heavy atom. The Balaban J connectivity index is 1.83. The molecule has 2 rings (SSSR count). The van der Waals surface area contributed by atoms with Gasteiger partial charge in [0.25, 0.3) is 5.91 Å². The molecular weight excluding hydrogens is 462 g/mol. The molecule has 0 spiro atoms. The standard InChI is InChI=1S/C19H20BrN3O5S/c1-11(22-19(27)14-7-8-15(20)29-14)18(26)23-13-5-3-12(4-6-13)9-16(24)21-10-17(25)28-2/h3-8,11H,9-10H2,1-2H3,(H,21,24)(H,22,27)(H,23,26). The fraction of sp³-hybridized carbons (Fsp3) is 0.263. The molecule has 0 radical (unpaired) electrons. The van der Waals surface area contributed by atoms with E-state index in [1.54, 1.807) is 43.3 Å². The Bertz CT molecular complexity index is 898. The fourth-order valence-corrected chi connectivity index (χ4v) is 3.51. The maximum absolute atomic E-state index is 12.3. The normalized spacial score (nSPS) is 11.3. The molecule has 0 aliphatic rings. The molecule has 2 aromatic rings. The van der Waals surface area contributed by atoms with Gasteiger partial charge in [-0.2, -0.15) is 0 Å². The van der Waals surface area contributed by atoms with Crippen LogP contribution in [0, 0.1) is 0 Å². The van der Waals surface area contributed by atoms with Crippen LogP contribution in [0.5, 0.6) is 0 Å². The third-order valence-electron chi connectivity index (χ3n) is 3.78. The highest BCUT2D eigenvalue weighted by Crippen LogP contribution is 2.22. The molecule has 0 aliphatic carbocycles. The van der Waals surface area contributed by atoms with E-state index in [0.29, 0.717) is 10.6 Å². The Morgan fingerprint density at radius 3 is 2.38 bits per heavy atom. The van der Waals surface area contributed by atoms with Crippen molar-refractivity contribution in [3.05, 3.63) is 50.6 Å². The quantitative estimate of drug-likeness (QED) is 0.499. The van der Waals surface area contributed by atoms with Gasteiger partial charge in [0.05, 0.1) is 22.2 Å². The number of ether oxygens (including phenoxy) is 1. The number of amides is 3. The van der Waals surface area contributed by atoms with Crippen LogP contribution in [0.2, 0.25) is 0 Å². The molecule has 154 valence electrons. The number of hydrogen-bond donors (Lipinski definition) is 3. The maximum atomic E-state index is 12.3. The molecular formula is C19H20BrN3O5S. The number of thiophene rings is 1. The summed E-state index contributed by atoms with van der Waals surface area (Å²) in [6.07, 6.45) is 0.0913.